The van der Waals surface area contributed by atoms with E-state index in [0.29, 0.717) is 5.75 Å². The molecule has 0 radical (unpaired) electrons. The summed E-state index contributed by atoms with van der Waals surface area (Å²) >= 11 is 0. The number of rotatable bonds is 4. The zero-order valence-electron chi connectivity index (χ0n) is 17.6. The number of carbonyl (C=O) groups is 1. The Kier molecular flexibility index (Phi) is 5.80. The maximum atomic E-state index is 11.9. The fourth-order valence-electron chi connectivity index (χ4n) is 4.28. The van der Waals surface area contributed by atoms with Crippen molar-refractivity contribution >= 4 is 16.7 Å². The van der Waals surface area contributed by atoms with Gasteiger partial charge in [0, 0.05) is 17.9 Å². The number of amides is 1. The maximum Gasteiger partial charge on any atom is 0.223 e. The second-order valence-electron chi connectivity index (χ2n) is 8.03. The normalized spacial score (nSPS) is 29.8. The molecule has 0 unspecified atom stereocenters. The standard InChI is InChI=1S/C25H25NO6/c1-15(27)26-21-22(28)23-20(14-29-24(32-23)17-9-3-2-4-10-17)31-25(21)30-19-13-7-11-16-8-5-6-12-18(16)19/h2-13,20-25,28H,14H2,1H3,(H,26,27)/t20-,21-,22-,23+,24-,25-/m0/s1. The SMILES string of the molecule is CC(=O)N[C@@H]1[C@@H](Oc2cccc3ccccc23)O[C@H]2CO[C@H](c3ccccc3)O[C@H]2[C@H]1O. The van der Waals surface area contributed by atoms with Gasteiger partial charge < -0.3 is 29.4 Å². The van der Waals surface area contributed by atoms with Crippen molar-refractivity contribution in [2.45, 2.75) is 43.9 Å². The van der Waals surface area contributed by atoms with Crippen LogP contribution in [0.2, 0.25) is 0 Å². The number of hydrogen-bond acceptors (Lipinski definition) is 6. The van der Waals surface area contributed by atoms with Gasteiger partial charge in [-0.3, -0.25) is 4.79 Å². The summed E-state index contributed by atoms with van der Waals surface area (Å²) in [6, 6.07) is 22.3. The molecule has 32 heavy (non-hydrogen) atoms. The number of ether oxygens (including phenoxy) is 4. The van der Waals surface area contributed by atoms with Gasteiger partial charge in [0.15, 0.2) is 6.29 Å². The van der Waals surface area contributed by atoms with Crippen molar-refractivity contribution in [1.29, 1.82) is 0 Å². The van der Waals surface area contributed by atoms with E-state index in [4.69, 9.17) is 18.9 Å². The number of fused-ring (bicyclic) bond motifs is 2. The van der Waals surface area contributed by atoms with Crippen LogP contribution >= 0.6 is 0 Å². The molecule has 0 aliphatic carbocycles. The highest BCUT2D eigenvalue weighted by Gasteiger charge is 2.50. The van der Waals surface area contributed by atoms with Gasteiger partial charge in [-0.05, 0) is 11.5 Å². The third-order valence-electron chi connectivity index (χ3n) is 5.80. The monoisotopic (exact) mass is 435 g/mol. The summed E-state index contributed by atoms with van der Waals surface area (Å²) in [6.07, 6.45) is -3.81. The molecule has 2 aliphatic rings. The third-order valence-corrected chi connectivity index (χ3v) is 5.80. The first kappa shape index (κ1) is 20.9. The van der Waals surface area contributed by atoms with Gasteiger partial charge >= 0.3 is 0 Å². The van der Waals surface area contributed by atoms with E-state index in [1.807, 2.05) is 72.8 Å². The van der Waals surface area contributed by atoms with Gasteiger partial charge in [0.25, 0.3) is 0 Å². The van der Waals surface area contributed by atoms with Crippen LogP contribution in [-0.2, 0) is 19.0 Å². The van der Waals surface area contributed by atoms with Crippen LogP contribution in [0.3, 0.4) is 0 Å². The molecule has 2 heterocycles. The summed E-state index contributed by atoms with van der Waals surface area (Å²) in [7, 11) is 0. The molecule has 7 heteroatoms. The van der Waals surface area contributed by atoms with E-state index in [0.717, 1.165) is 16.3 Å². The van der Waals surface area contributed by atoms with Crippen LogP contribution in [0.25, 0.3) is 10.8 Å². The molecule has 0 spiro atoms. The zero-order chi connectivity index (χ0) is 22.1. The van der Waals surface area contributed by atoms with Gasteiger partial charge in [-0.2, -0.15) is 0 Å². The molecule has 0 bridgehead atoms. The highest BCUT2D eigenvalue weighted by Crippen LogP contribution is 2.36. The lowest BCUT2D eigenvalue weighted by Gasteiger charge is -2.47. The fraction of sp³-hybridized carbons (Fsp3) is 0.320. The van der Waals surface area contributed by atoms with Crippen molar-refractivity contribution in [3.63, 3.8) is 0 Å². The summed E-state index contributed by atoms with van der Waals surface area (Å²) in [5.74, 6) is 0.309. The molecule has 3 aromatic carbocycles. The first-order valence-corrected chi connectivity index (χ1v) is 10.7. The van der Waals surface area contributed by atoms with Crippen LogP contribution in [0.4, 0.5) is 0 Å². The quantitative estimate of drug-likeness (QED) is 0.656. The third kappa shape index (κ3) is 4.08. The van der Waals surface area contributed by atoms with Crippen LogP contribution in [-0.4, -0.2) is 48.3 Å². The number of hydrogen-bond donors (Lipinski definition) is 2. The van der Waals surface area contributed by atoms with E-state index < -0.39 is 36.9 Å². The number of benzene rings is 3. The average Bonchev–Trinajstić information content (AvgIpc) is 2.82. The van der Waals surface area contributed by atoms with Gasteiger partial charge in [0.2, 0.25) is 12.2 Å². The molecular formula is C25H25NO6. The smallest absolute Gasteiger partial charge is 0.223 e. The Morgan fingerprint density at radius 3 is 2.56 bits per heavy atom. The molecule has 2 saturated heterocycles. The fourth-order valence-corrected chi connectivity index (χ4v) is 4.28. The predicted octanol–water partition coefficient (Wildman–Crippen LogP) is 2.92. The van der Waals surface area contributed by atoms with E-state index in [1.165, 1.54) is 6.92 Å². The molecule has 7 nitrogen and oxygen atoms in total. The molecule has 3 aromatic rings. The highest BCUT2D eigenvalue weighted by molar-refractivity contribution is 5.88. The Labute approximate surface area is 185 Å². The molecule has 2 aliphatic heterocycles. The van der Waals surface area contributed by atoms with Gasteiger partial charge in [0.05, 0.1) is 6.61 Å². The molecule has 2 fully saturated rings. The lowest BCUT2D eigenvalue weighted by molar-refractivity contribution is -0.333. The zero-order valence-corrected chi connectivity index (χ0v) is 17.6. The topological polar surface area (TPSA) is 86.3 Å². The van der Waals surface area contributed by atoms with Gasteiger partial charge in [-0.25, -0.2) is 0 Å². The first-order chi connectivity index (χ1) is 15.6. The lowest BCUT2D eigenvalue weighted by atomic mass is 9.95. The van der Waals surface area contributed by atoms with E-state index in [9.17, 15) is 9.90 Å². The lowest BCUT2D eigenvalue weighted by Crippen LogP contribution is -2.67. The minimum Gasteiger partial charge on any atom is -0.462 e. The van der Waals surface area contributed by atoms with Crippen LogP contribution in [0, 0.1) is 0 Å². The summed E-state index contributed by atoms with van der Waals surface area (Å²) in [6.45, 7) is 1.62. The average molecular weight is 435 g/mol. The molecule has 1 amide bonds. The summed E-state index contributed by atoms with van der Waals surface area (Å²) in [5, 5.41) is 15.9. The van der Waals surface area contributed by atoms with Crippen molar-refractivity contribution in [1.82, 2.24) is 5.32 Å². The number of aliphatic hydroxyl groups excluding tert-OH is 1. The molecular weight excluding hydrogens is 410 g/mol. The van der Waals surface area contributed by atoms with Gasteiger partial charge in [0.1, 0.15) is 30.1 Å². The second kappa shape index (κ2) is 8.88. The minimum absolute atomic E-state index is 0.226. The molecule has 5 rings (SSSR count). The molecule has 0 aromatic heterocycles. The molecule has 166 valence electrons. The van der Waals surface area contributed by atoms with Crippen LogP contribution < -0.4 is 10.1 Å². The number of nitrogens with one attached hydrogen (secondary N) is 1. The molecule has 6 atom stereocenters. The summed E-state index contributed by atoms with van der Waals surface area (Å²) < 4.78 is 24.3. The van der Waals surface area contributed by atoms with E-state index >= 15 is 0 Å². The van der Waals surface area contributed by atoms with E-state index in [2.05, 4.69) is 5.32 Å². The minimum atomic E-state index is -1.05. The summed E-state index contributed by atoms with van der Waals surface area (Å²) in [4.78, 5) is 11.9. The van der Waals surface area contributed by atoms with Crippen LogP contribution in [0.1, 0.15) is 18.8 Å². The van der Waals surface area contributed by atoms with E-state index in [-0.39, 0.29) is 12.5 Å². The van der Waals surface area contributed by atoms with Crippen LogP contribution in [0.15, 0.2) is 72.8 Å². The Morgan fingerprint density at radius 2 is 1.75 bits per heavy atom. The largest absolute Gasteiger partial charge is 0.462 e. The Balaban J connectivity index is 1.40. The number of aliphatic hydroxyl groups is 1. The van der Waals surface area contributed by atoms with E-state index in [1.54, 1.807) is 0 Å². The van der Waals surface area contributed by atoms with Crippen LogP contribution in [0.5, 0.6) is 5.75 Å². The number of carbonyl (C=O) groups excluding carboxylic acids is 1. The Hall–Kier alpha value is -2.97. The van der Waals surface area contributed by atoms with Crippen molar-refractivity contribution in [3.8, 4) is 5.75 Å². The maximum absolute atomic E-state index is 11.9. The van der Waals surface area contributed by atoms with Crippen molar-refractivity contribution in [3.05, 3.63) is 78.4 Å². The molecule has 2 N–H and O–H groups in total. The van der Waals surface area contributed by atoms with Gasteiger partial charge in [-0.1, -0.05) is 66.7 Å². The predicted molar refractivity (Wildman–Crippen MR) is 117 cm³/mol. The van der Waals surface area contributed by atoms with Crippen molar-refractivity contribution in [2.75, 3.05) is 6.61 Å². The van der Waals surface area contributed by atoms with Crippen molar-refractivity contribution < 1.29 is 28.8 Å². The second-order valence-corrected chi connectivity index (χ2v) is 8.03. The highest BCUT2D eigenvalue weighted by atomic mass is 16.7. The Bertz CT molecular complexity index is 1080. The van der Waals surface area contributed by atoms with Gasteiger partial charge in [-0.15, -0.1) is 0 Å². The molecule has 0 saturated carbocycles. The van der Waals surface area contributed by atoms with Crippen molar-refractivity contribution in [2.24, 2.45) is 0 Å². The first-order valence-electron chi connectivity index (χ1n) is 10.7. The summed E-state index contributed by atoms with van der Waals surface area (Å²) in [5.41, 5.74) is 0.850. The Morgan fingerprint density at radius 1 is 1.00 bits per heavy atom.